The van der Waals surface area contributed by atoms with Crippen LogP contribution in [0.3, 0.4) is 0 Å². The van der Waals surface area contributed by atoms with Crippen LogP contribution in [0.1, 0.15) is 27.1 Å². The molecule has 0 saturated heterocycles. The predicted octanol–water partition coefficient (Wildman–Crippen LogP) is -0.206. The minimum absolute atomic E-state index is 0.0563. The largest absolute Gasteiger partial charge is 0.467 e. The molecule has 128 valence electrons. The van der Waals surface area contributed by atoms with Crippen molar-refractivity contribution in [2.24, 2.45) is 0 Å². The van der Waals surface area contributed by atoms with E-state index in [0.29, 0.717) is 11.1 Å². The summed E-state index contributed by atoms with van der Waals surface area (Å²) in [5.41, 5.74) is 8.43. The van der Waals surface area contributed by atoms with Crippen molar-refractivity contribution in [1.82, 2.24) is 10.2 Å². The van der Waals surface area contributed by atoms with Gasteiger partial charge in [0, 0.05) is 6.42 Å². The molecule has 0 saturated carbocycles. The van der Waals surface area contributed by atoms with Crippen molar-refractivity contribution < 1.29 is 33.5 Å². The zero-order chi connectivity index (χ0) is 18.6. The molecule has 1 aromatic rings. The molecule has 4 amide bonds. The second-order valence-corrected chi connectivity index (χ2v) is 4.93. The van der Waals surface area contributed by atoms with E-state index in [0.717, 1.165) is 7.11 Å². The minimum atomic E-state index is -1.47. The number of Topliss-reactive ketones (excluding diaryl/α,β-unsaturated/α-hetero) is 1. The van der Waals surface area contributed by atoms with E-state index in [1.54, 1.807) is 0 Å². The Morgan fingerprint density at radius 2 is 1.80 bits per heavy atom. The summed E-state index contributed by atoms with van der Waals surface area (Å²) in [6.45, 7) is 0. The predicted molar refractivity (Wildman–Crippen MR) is 80.6 cm³/mol. The number of carbonyl (C=O) groups excluding carboxylic acids is 5. The van der Waals surface area contributed by atoms with Crippen molar-refractivity contribution in [2.75, 3.05) is 7.11 Å². The summed E-state index contributed by atoms with van der Waals surface area (Å²) >= 11 is 0. The van der Waals surface area contributed by atoms with Crippen molar-refractivity contribution in [2.45, 2.75) is 12.5 Å². The highest BCUT2D eigenvalue weighted by molar-refractivity contribution is 6.29. The van der Waals surface area contributed by atoms with Gasteiger partial charge in [0.1, 0.15) is 6.04 Å². The maximum Gasteiger partial charge on any atom is 0.332 e. The highest BCUT2D eigenvalue weighted by atomic mass is 16.5. The zero-order valence-corrected chi connectivity index (χ0v) is 13.0. The number of amides is 4. The molecule has 10 heteroatoms. The molecule has 25 heavy (non-hydrogen) atoms. The molecule has 2 rings (SSSR count). The number of carbonyl (C=O) groups is 5. The molecule has 0 unspecified atom stereocenters. The second-order valence-electron chi connectivity index (χ2n) is 4.93. The number of esters is 1. The molecule has 1 aliphatic rings. The van der Waals surface area contributed by atoms with E-state index in [9.17, 15) is 24.0 Å². The van der Waals surface area contributed by atoms with E-state index in [1.165, 1.54) is 24.3 Å². The first-order valence-electron chi connectivity index (χ1n) is 6.97. The van der Waals surface area contributed by atoms with Gasteiger partial charge in [-0.05, 0) is 12.1 Å². The van der Waals surface area contributed by atoms with Gasteiger partial charge < -0.3 is 15.6 Å². The third kappa shape index (κ3) is 3.48. The first kappa shape index (κ1) is 17.7. The van der Waals surface area contributed by atoms with Gasteiger partial charge in [-0.1, -0.05) is 12.1 Å². The Kier molecular flexibility index (Phi) is 5.15. The first-order valence-corrected chi connectivity index (χ1v) is 6.97. The highest BCUT2D eigenvalue weighted by Gasteiger charge is 2.41. The number of fused-ring (bicyclic) bond motifs is 1. The molecule has 1 N–H and O–H groups in total. The standard InChI is InChI=1S/C15H12N4O6/c1-25-14(23)11(6-8(20)7-17-16)18-15(24)19-12(21)9-4-2-3-5-10(9)13(19)22/h2-5,7,11H,6H2,1H3,(H,18,24)/t11-/m0/s1. The van der Waals surface area contributed by atoms with Gasteiger partial charge in [-0.25, -0.2) is 9.59 Å². The maximum atomic E-state index is 12.3. The van der Waals surface area contributed by atoms with E-state index < -0.39 is 42.1 Å². The van der Waals surface area contributed by atoms with Gasteiger partial charge in [0.2, 0.25) is 5.78 Å². The van der Waals surface area contributed by atoms with Crippen molar-refractivity contribution >= 4 is 35.8 Å². The number of benzene rings is 1. The fourth-order valence-electron chi connectivity index (χ4n) is 2.24. The number of methoxy groups -OCH3 is 1. The van der Waals surface area contributed by atoms with Crippen LogP contribution in [0.2, 0.25) is 0 Å². The lowest BCUT2D eigenvalue weighted by atomic mass is 10.1. The van der Waals surface area contributed by atoms with Crippen LogP contribution in [0, 0.1) is 0 Å². The lowest BCUT2D eigenvalue weighted by Crippen LogP contribution is -2.51. The van der Waals surface area contributed by atoms with Crippen molar-refractivity contribution in [3.05, 3.63) is 40.9 Å². The summed E-state index contributed by atoms with van der Waals surface area (Å²) in [7, 11) is 1.04. The van der Waals surface area contributed by atoms with Crippen molar-refractivity contribution in [3.63, 3.8) is 0 Å². The molecule has 1 heterocycles. The topological polar surface area (TPSA) is 146 Å². The summed E-state index contributed by atoms with van der Waals surface area (Å²) < 4.78 is 4.47. The van der Waals surface area contributed by atoms with Crippen LogP contribution in [0.15, 0.2) is 24.3 Å². The summed E-state index contributed by atoms with van der Waals surface area (Å²) in [6, 6.07) is 3.22. The van der Waals surface area contributed by atoms with Crippen LogP contribution >= 0.6 is 0 Å². The van der Waals surface area contributed by atoms with Crippen LogP contribution in [0.25, 0.3) is 5.53 Å². The van der Waals surface area contributed by atoms with Gasteiger partial charge in [0.05, 0.1) is 18.2 Å². The SMILES string of the molecule is COC(=O)[C@H](CC(=O)C=[N+]=[N-])NC(=O)N1C(=O)c2ccccc2C1=O. The van der Waals surface area contributed by atoms with Crippen molar-refractivity contribution in [3.8, 4) is 0 Å². The van der Waals surface area contributed by atoms with Gasteiger partial charge in [-0.15, -0.1) is 0 Å². The normalized spacial score (nSPS) is 13.6. The van der Waals surface area contributed by atoms with Gasteiger partial charge in [-0.2, -0.15) is 9.69 Å². The summed E-state index contributed by atoms with van der Waals surface area (Å²) in [5, 5.41) is 2.10. The number of ketones is 1. The second kappa shape index (κ2) is 7.28. The third-order valence-electron chi connectivity index (χ3n) is 3.39. The molecule has 0 aromatic heterocycles. The Bertz CT molecular complexity index is 792. The minimum Gasteiger partial charge on any atom is -0.467 e. The van der Waals surface area contributed by atoms with Gasteiger partial charge in [-0.3, -0.25) is 14.4 Å². The van der Waals surface area contributed by atoms with Gasteiger partial charge >= 0.3 is 18.2 Å². The zero-order valence-electron chi connectivity index (χ0n) is 13.0. The van der Waals surface area contributed by atoms with Crippen LogP contribution in [0.5, 0.6) is 0 Å². The molecule has 0 fully saturated rings. The number of urea groups is 1. The van der Waals surface area contributed by atoms with Crippen LogP contribution in [-0.4, -0.2) is 58.7 Å². The van der Waals surface area contributed by atoms with Crippen LogP contribution in [-0.2, 0) is 14.3 Å². The van der Waals surface area contributed by atoms with E-state index in [1.807, 2.05) is 0 Å². The fourth-order valence-corrected chi connectivity index (χ4v) is 2.24. The van der Waals surface area contributed by atoms with Gasteiger partial charge in [0.15, 0.2) is 0 Å². The summed E-state index contributed by atoms with van der Waals surface area (Å²) in [4.78, 5) is 62.7. The molecule has 0 spiro atoms. The molecular formula is C15H12N4O6. The average Bonchev–Trinajstić information content (AvgIpc) is 2.85. The Morgan fingerprint density at radius 1 is 1.24 bits per heavy atom. The average molecular weight is 344 g/mol. The summed E-state index contributed by atoms with van der Waals surface area (Å²) in [5.74, 6) is -3.43. The molecular weight excluding hydrogens is 332 g/mol. The number of nitrogens with one attached hydrogen (secondary N) is 1. The third-order valence-corrected chi connectivity index (χ3v) is 3.39. The fraction of sp³-hybridized carbons (Fsp3) is 0.200. The Labute approximate surface area is 141 Å². The molecule has 10 nitrogen and oxygen atoms in total. The molecule has 1 aromatic carbocycles. The Hall–Kier alpha value is -3.65. The van der Waals surface area contributed by atoms with Gasteiger partial charge in [0.25, 0.3) is 11.8 Å². The number of nitrogens with zero attached hydrogens (tertiary/aromatic N) is 3. The molecule has 0 radical (unpaired) electrons. The maximum absolute atomic E-state index is 12.3. The molecule has 0 bridgehead atoms. The number of imide groups is 3. The first-order chi connectivity index (χ1) is 11.9. The molecule has 0 aliphatic carbocycles. The van der Waals surface area contributed by atoms with Crippen molar-refractivity contribution in [1.29, 1.82) is 0 Å². The smallest absolute Gasteiger partial charge is 0.332 e. The van der Waals surface area contributed by atoms with Crippen LogP contribution in [0.4, 0.5) is 4.79 Å². The highest BCUT2D eigenvalue weighted by Crippen LogP contribution is 2.22. The Balaban J connectivity index is 2.20. The van der Waals surface area contributed by atoms with E-state index in [4.69, 9.17) is 5.53 Å². The number of hydrogen-bond donors (Lipinski definition) is 1. The number of rotatable bonds is 5. The van der Waals surface area contributed by atoms with Crippen LogP contribution < -0.4 is 5.32 Å². The lowest BCUT2D eigenvalue weighted by Gasteiger charge is -2.18. The van der Waals surface area contributed by atoms with E-state index in [-0.39, 0.29) is 11.1 Å². The molecule has 1 atom stereocenters. The number of ether oxygens (including phenoxy) is 1. The Morgan fingerprint density at radius 3 is 2.28 bits per heavy atom. The van der Waals surface area contributed by atoms with E-state index >= 15 is 0 Å². The quantitative estimate of drug-likeness (QED) is 0.257. The molecule has 1 aliphatic heterocycles. The van der Waals surface area contributed by atoms with E-state index in [2.05, 4.69) is 14.8 Å². The number of hydrogen-bond acceptors (Lipinski definition) is 6. The monoisotopic (exact) mass is 344 g/mol. The summed E-state index contributed by atoms with van der Waals surface area (Å²) in [6.07, 6.45) is -0.0320. The lowest BCUT2D eigenvalue weighted by molar-refractivity contribution is -0.144.